The number of hydrogen-bond acceptors (Lipinski definition) is 4. The molecule has 0 heterocycles. The van der Waals surface area contributed by atoms with Crippen LogP contribution in [-0.4, -0.2) is 50.5 Å². The fraction of sp³-hybridized carbons (Fsp3) is 0.391. The highest BCUT2D eigenvalue weighted by atomic mass is 79.9. The van der Waals surface area contributed by atoms with E-state index >= 15 is 0 Å². The van der Waals surface area contributed by atoms with Crippen LogP contribution in [0.3, 0.4) is 0 Å². The molecular weight excluding hydrogens is 532 g/mol. The molecule has 2 aromatic rings. The van der Waals surface area contributed by atoms with Crippen molar-refractivity contribution >= 4 is 43.5 Å². The van der Waals surface area contributed by atoms with E-state index in [1.54, 1.807) is 25.1 Å². The van der Waals surface area contributed by atoms with Gasteiger partial charge in [0.15, 0.2) is 11.6 Å². The molecule has 0 aliphatic heterocycles. The highest BCUT2D eigenvalue weighted by Crippen LogP contribution is 2.22. The predicted octanol–water partition coefficient (Wildman–Crippen LogP) is 3.68. The highest BCUT2D eigenvalue weighted by Gasteiger charge is 2.30. The van der Waals surface area contributed by atoms with E-state index in [-0.39, 0.29) is 18.2 Å². The number of halogens is 3. The zero-order valence-electron chi connectivity index (χ0n) is 19.4. The van der Waals surface area contributed by atoms with Crippen LogP contribution in [0.4, 0.5) is 14.5 Å². The van der Waals surface area contributed by atoms with E-state index in [4.69, 9.17) is 0 Å². The van der Waals surface area contributed by atoms with Crippen molar-refractivity contribution in [3.8, 4) is 0 Å². The summed E-state index contributed by atoms with van der Waals surface area (Å²) in [5, 5.41) is 2.78. The van der Waals surface area contributed by atoms with Gasteiger partial charge in [0, 0.05) is 23.6 Å². The number of benzene rings is 2. The van der Waals surface area contributed by atoms with Crippen LogP contribution >= 0.6 is 15.9 Å². The van der Waals surface area contributed by atoms with Crippen molar-refractivity contribution in [1.82, 2.24) is 10.2 Å². The van der Waals surface area contributed by atoms with Crippen LogP contribution in [0, 0.1) is 17.6 Å². The monoisotopic (exact) mass is 559 g/mol. The average molecular weight is 560 g/mol. The van der Waals surface area contributed by atoms with E-state index in [1.807, 2.05) is 19.9 Å². The van der Waals surface area contributed by atoms with Gasteiger partial charge in [0.2, 0.25) is 21.8 Å². The van der Waals surface area contributed by atoms with Gasteiger partial charge in [-0.05, 0) is 42.7 Å². The Morgan fingerprint density at radius 1 is 1.06 bits per heavy atom. The molecule has 0 aromatic heterocycles. The second-order valence-electron chi connectivity index (χ2n) is 8.33. The van der Waals surface area contributed by atoms with Crippen molar-refractivity contribution in [3.63, 3.8) is 0 Å². The number of carbonyl (C=O) groups excluding carboxylic acids is 2. The third kappa shape index (κ3) is 7.76. The fourth-order valence-corrected chi connectivity index (χ4v) is 4.41. The second-order valence-corrected chi connectivity index (χ2v) is 11.2. The van der Waals surface area contributed by atoms with E-state index < -0.39 is 46.1 Å². The summed E-state index contributed by atoms with van der Waals surface area (Å²) < 4.78 is 53.5. The molecule has 186 valence electrons. The molecule has 1 N–H and O–H groups in total. The van der Waals surface area contributed by atoms with Gasteiger partial charge in [-0.15, -0.1) is 0 Å². The Morgan fingerprint density at radius 3 is 2.29 bits per heavy atom. The molecule has 0 aliphatic rings. The van der Waals surface area contributed by atoms with Crippen LogP contribution in [0.1, 0.15) is 26.3 Å². The number of hydrogen-bond donors (Lipinski definition) is 1. The lowest BCUT2D eigenvalue weighted by Gasteiger charge is -2.31. The summed E-state index contributed by atoms with van der Waals surface area (Å²) in [5.74, 6) is -3.26. The summed E-state index contributed by atoms with van der Waals surface area (Å²) in [4.78, 5) is 27.4. The molecule has 0 saturated heterocycles. The first-order valence-corrected chi connectivity index (χ1v) is 13.2. The van der Waals surface area contributed by atoms with Gasteiger partial charge in [0.05, 0.1) is 11.9 Å². The van der Waals surface area contributed by atoms with Gasteiger partial charge in [-0.25, -0.2) is 17.2 Å². The molecule has 0 bridgehead atoms. The molecule has 0 fully saturated rings. The van der Waals surface area contributed by atoms with E-state index in [1.165, 1.54) is 4.90 Å². The minimum Gasteiger partial charge on any atom is -0.354 e. The Kier molecular flexibility index (Phi) is 9.57. The number of amides is 2. The Bertz CT molecular complexity index is 1140. The summed E-state index contributed by atoms with van der Waals surface area (Å²) in [6.45, 7) is 5.16. The predicted molar refractivity (Wildman–Crippen MR) is 131 cm³/mol. The maximum atomic E-state index is 13.8. The van der Waals surface area contributed by atoms with Gasteiger partial charge in [0.25, 0.3) is 0 Å². The van der Waals surface area contributed by atoms with Crippen molar-refractivity contribution in [3.05, 3.63) is 64.1 Å². The standard InChI is InChI=1S/C23H28BrF2N3O4S/c1-15(2)12-27-23(31)16(3)28(13-17-6-5-7-18(24)10-17)22(30)14-29(34(4,32)33)19-8-9-20(25)21(26)11-19/h5-11,15-16H,12-14H2,1-4H3,(H,27,31)/t16-/m1/s1. The third-order valence-electron chi connectivity index (χ3n) is 4.96. The molecule has 7 nitrogen and oxygen atoms in total. The maximum Gasteiger partial charge on any atom is 0.244 e. The van der Waals surface area contributed by atoms with Crippen molar-refractivity contribution in [2.45, 2.75) is 33.4 Å². The zero-order chi connectivity index (χ0) is 25.6. The van der Waals surface area contributed by atoms with Crippen molar-refractivity contribution in [2.75, 3.05) is 23.7 Å². The van der Waals surface area contributed by atoms with Crippen molar-refractivity contribution in [1.29, 1.82) is 0 Å². The minimum atomic E-state index is -4.03. The quantitative estimate of drug-likeness (QED) is 0.481. The molecule has 2 amide bonds. The van der Waals surface area contributed by atoms with Gasteiger partial charge in [-0.1, -0.05) is 41.9 Å². The summed E-state index contributed by atoms with van der Waals surface area (Å²) >= 11 is 3.37. The van der Waals surface area contributed by atoms with Gasteiger partial charge in [-0.3, -0.25) is 13.9 Å². The summed E-state index contributed by atoms with van der Waals surface area (Å²) in [5.41, 5.74) is 0.513. The molecule has 0 unspecified atom stereocenters. The zero-order valence-corrected chi connectivity index (χ0v) is 21.8. The van der Waals surface area contributed by atoms with Crippen LogP contribution < -0.4 is 9.62 Å². The van der Waals surface area contributed by atoms with E-state index in [0.29, 0.717) is 22.5 Å². The molecule has 1 atom stereocenters. The number of sulfonamides is 1. The summed E-state index contributed by atoms with van der Waals surface area (Å²) in [6.07, 6.45) is 0.860. The van der Waals surface area contributed by atoms with Gasteiger partial charge < -0.3 is 10.2 Å². The van der Waals surface area contributed by atoms with Gasteiger partial charge >= 0.3 is 0 Å². The Morgan fingerprint density at radius 2 is 1.74 bits per heavy atom. The van der Waals surface area contributed by atoms with Crippen molar-refractivity contribution < 1.29 is 26.8 Å². The summed E-state index contributed by atoms with van der Waals surface area (Å²) in [7, 11) is -4.03. The summed E-state index contributed by atoms with van der Waals surface area (Å²) in [6, 6.07) is 8.78. The normalized spacial score (nSPS) is 12.4. The number of rotatable bonds is 10. The van der Waals surface area contributed by atoms with E-state index in [0.717, 1.165) is 22.9 Å². The lowest BCUT2D eigenvalue weighted by Crippen LogP contribution is -2.51. The fourth-order valence-electron chi connectivity index (χ4n) is 3.12. The Balaban J connectivity index is 2.39. The lowest BCUT2D eigenvalue weighted by molar-refractivity contribution is -0.139. The van der Waals surface area contributed by atoms with Crippen LogP contribution in [0.15, 0.2) is 46.9 Å². The molecule has 2 rings (SSSR count). The first kappa shape index (κ1) is 27.7. The first-order valence-electron chi connectivity index (χ1n) is 10.5. The maximum absolute atomic E-state index is 13.8. The molecular formula is C23H28BrF2N3O4S. The van der Waals surface area contributed by atoms with Crippen molar-refractivity contribution in [2.24, 2.45) is 5.92 Å². The number of nitrogens with one attached hydrogen (secondary N) is 1. The van der Waals surface area contributed by atoms with Gasteiger partial charge in [-0.2, -0.15) is 0 Å². The lowest BCUT2D eigenvalue weighted by atomic mass is 10.1. The number of carbonyl (C=O) groups is 2. The van der Waals surface area contributed by atoms with E-state index in [9.17, 15) is 26.8 Å². The number of nitrogens with zero attached hydrogens (tertiary/aromatic N) is 2. The van der Waals surface area contributed by atoms with Crippen LogP contribution in [0.5, 0.6) is 0 Å². The van der Waals surface area contributed by atoms with Gasteiger partial charge in [0.1, 0.15) is 12.6 Å². The number of anilines is 1. The van der Waals surface area contributed by atoms with E-state index in [2.05, 4.69) is 21.2 Å². The third-order valence-corrected chi connectivity index (χ3v) is 6.60. The Labute approximate surface area is 207 Å². The molecule has 0 radical (unpaired) electrons. The average Bonchev–Trinajstić information content (AvgIpc) is 2.74. The van der Waals surface area contributed by atoms with Crippen LogP contribution in [-0.2, 0) is 26.2 Å². The largest absolute Gasteiger partial charge is 0.354 e. The Hall–Kier alpha value is -2.53. The molecule has 0 spiro atoms. The SMILES string of the molecule is CC(C)CNC(=O)[C@@H](C)N(Cc1cccc(Br)c1)C(=O)CN(c1ccc(F)c(F)c1)S(C)(=O)=O. The molecule has 2 aromatic carbocycles. The second kappa shape index (κ2) is 11.7. The first-order chi connectivity index (χ1) is 15.8. The highest BCUT2D eigenvalue weighted by molar-refractivity contribution is 9.10. The smallest absolute Gasteiger partial charge is 0.244 e. The topological polar surface area (TPSA) is 86.8 Å². The molecule has 11 heteroatoms. The van der Waals surface area contributed by atoms with Crippen LogP contribution in [0.2, 0.25) is 0 Å². The minimum absolute atomic E-state index is 0.0317. The van der Waals surface area contributed by atoms with Crippen LogP contribution in [0.25, 0.3) is 0 Å². The molecule has 0 saturated carbocycles. The molecule has 34 heavy (non-hydrogen) atoms. The molecule has 0 aliphatic carbocycles.